The van der Waals surface area contributed by atoms with Crippen molar-refractivity contribution in [2.24, 2.45) is 11.1 Å². The van der Waals surface area contributed by atoms with Crippen LogP contribution in [0.25, 0.3) is 22.5 Å². The van der Waals surface area contributed by atoms with Crippen LogP contribution in [0.1, 0.15) is 63.0 Å². The number of unbranched alkanes of at least 4 members (excludes halogenated alkanes) is 1. The van der Waals surface area contributed by atoms with Crippen molar-refractivity contribution in [3.05, 3.63) is 90.0 Å². The van der Waals surface area contributed by atoms with E-state index in [1.807, 2.05) is 78.9 Å². The third-order valence-corrected chi connectivity index (χ3v) is 7.85. The van der Waals surface area contributed by atoms with Crippen molar-refractivity contribution < 1.29 is 14.7 Å². The summed E-state index contributed by atoms with van der Waals surface area (Å²) in [5, 5.41) is 24.2. The molecule has 0 atom stereocenters. The number of hydrogen-bond donors (Lipinski definition) is 3. The molecule has 1 aromatic heterocycles. The van der Waals surface area contributed by atoms with Crippen LogP contribution in [0.2, 0.25) is 0 Å². The van der Waals surface area contributed by atoms with E-state index < -0.39 is 11.4 Å². The number of H-pyrrole nitrogens is 1. The number of carbonyl (C=O) groups excluding carboxylic acids is 1. The molecule has 1 heterocycles. The van der Waals surface area contributed by atoms with Crippen LogP contribution in [0.15, 0.2) is 78.9 Å². The number of nitrogens with zero attached hydrogens (tertiary/aromatic N) is 4. The van der Waals surface area contributed by atoms with E-state index in [9.17, 15) is 14.7 Å². The van der Waals surface area contributed by atoms with Crippen molar-refractivity contribution in [1.82, 2.24) is 25.5 Å². The zero-order chi connectivity index (χ0) is 29.8. The second-order valence-electron chi connectivity index (χ2n) is 10.8. The van der Waals surface area contributed by atoms with Gasteiger partial charge in [0, 0.05) is 31.6 Å². The molecule has 42 heavy (non-hydrogen) atoms. The van der Waals surface area contributed by atoms with Crippen molar-refractivity contribution in [2.75, 3.05) is 6.54 Å². The molecule has 5 rings (SSSR count). The normalized spacial score (nSPS) is 13.7. The van der Waals surface area contributed by atoms with E-state index in [-0.39, 0.29) is 12.5 Å². The topological polar surface area (TPSA) is 138 Å². The second-order valence-corrected chi connectivity index (χ2v) is 10.8. The van der Waals surface area contributed by atoms with Crippen LogP contribution < -0.4 is 5.73 Å². The van der Waals surface area contributed by atoms with Crippen LogP contribution >= 0.6 is 0 Å². The van der Waals surface area contributed by atoms with Gasteiger partial charge in [-0.25, -0.2) is 5.10 Å². The Labute approximate surface area is 247 Å². The van der Waals surface area contributed by atoms with Gasteiger partial charge in [-0.05, 0) is 51.9 Å². The van der Waals surface area contributed by atoms with Gasteiger partial charge in [0.1, 0.15) is 0 Å². The van der Waals surface area contributed by atoms with Gasteiger partial charge < -0.3 is 15.7 Å². The van der Waals surface area contributed by atoms with Gasteiger partial charge in [0.05, 0.1) is 5.41 Å². The van der Waals surface area contributed by atoms with Crippen LogP contribution in [-0.4, -0.2) is 49.1 Å². The molecule has 1 fully saturated rings. The Balaban J connectivity index is 0.000000437. The smallest absolute Gasteiger partial charge is 0.311 e. The highest BCUT2D eigenvalue weighted by Crippen LogP contribution is 2.39. The molecular weight excluding hydrogens is 528 g/mol. The maximum absolute atomic E-state index is 13.0. The number of aromatic amines is 1. The van der Waals surface area contributed by atoms with Crippen LogP contribution in [0.3, 0.4) is 0 Å². The third kappa shape index (κ3) is 7.88. The Morgan fingerprint density at radius 3 is 2.17 bits per heavy atom. The lowest BCUT2D eigenvalue weighted by atomic mass is 9.85. The van der Waals surface area contributed by atoms with Gasteiger partial charge in [0.15, 0.2) is 5.82 Å². The SMILES string of the molecule is CCCCC(=O)N(Cc1ccc(-c2ccccc2-c2nnn[nH]2)cc1)CC1(C(=O)O)CCCC1.NCc1ccccc1. The standard InChI is InChI=1S/C26H31N5O3.C7H9N/c1-2-3-10-23(32)31(18-26(25(33)34)15-6-7-16-26)17-19-11-13-20(14-12-19)21-8-4-5-9-22(21)24-27-29-30-28-24;8-6-7-4-2-1-3-5-7/h4-5,8-9,11-14H,2-3,6-7,10,15-18H2,1H3,(H,33,34)(H,27,28,29,30);1-5H,6,8H2. The lowest BCUT2D eigenvalue weighted by molar-refractivity contribution is -0.151. The van der Waals surface area contributed by atoms with Gasteiger partial charge in [-0.3, -0.25) is 9.59 Å². The first kappa shape index (κ1) is 30.6. The highest BCUT2D eigenvalue weighted by molar-refractivity contribution is 5.81. The Morgan fingerprint density at radius 2 is 1.60 bits per heavy atom. The third-order valence-electron chi connectivity index (χ3n) is 7.85. The molecule has 1 aliphatic carbocycles. The molecule has 220 valence electrons. The van der Waals surface area contributed by atoms with E-state index in [0.29, 0.717) is 38.2 Å². The van der Waals surface area contributed by atoms with Crippen LogP contribution in [0, 0.1) is 5.41 Å². The molecule has 0 saturated heterocycles. The van der Waals surface area contributed by atoms with Crippen molar-refractivity contribution in [1.29, 1.82) is 0 Å². The number of nitrogens with two attached hydrogens (primary N) is 1. The van der Waals surface area contributed by atoms with E-state index in [0.717, 1.165) is 47.9 Å². The minimum absolute atomic E-state index is 0.0293. The van der Waals surface area contributed by atoms with Gasteiger partial charge in [-0.2, -0.15) is 0 Å². The summed E-state index contributed by atoms with van der Waals surface area (Å²) in [5.74, 6) is -0.156. The van der Waals surface area contributed by atoms with Gasteiger partial charge in [-0.15, -0.1) is 5.10 Å². The molecule has 9 nitrogen and oxygen atoms in total. The number of rotatable bonds is 11. The van der Waals surface area contributed by atoms with Crippen LogP contribution in [0.4, 0.5) is 0 Å². The highest BCUT2D eigenvalue weighted by Gasteiger charge is 2.43. The number of aliphatic carboxylic acids is 1. The van der Waals surface area contributed by atoms with Gasteiger partial charge in [0.25, 0.3) is 0 Å². The molecule has 0 bridgehead atoms. The van der Waals surface area contributed by atoms with Crippen molar-refractivity contribution in [3.8, 4) is 22.5 Å². The molecule has 3 aromatic carbocycles. The molecule has 1 saturated carbocycles. The monoisotopic (exact) mass is 568 g/mol. The molecule has 9 heteroatoms. The van der Waals surface area contributed by atoms with E-state index in [1.54, 1.807) is 4.90 Å². The van der Waals surface area contributed by atoms with E-state index >= 15 is 0 Å². The summed E-state index contributed by atoms with van der Waals surface area (Å²) in [6.07, 6.45) is 5.25. The largest absolute Gasteiger partial charge is 0.481 e. The Kier molecular flexibility index (Phi) is 10.9. The molecular formula is C33H40N6O3. The zero-order valence-electron chi connectivity index (χ0n) is 24.2. The molecule has 0 aliphatic heterocycles. The second kappa shape index (κ2) is 15.0. The summed E-state index contributed by atoms with van der Waals surface area (Å²) in [6, 6.07) is 25.9. The first-order chi connectivity index (χ1) is 20.5. The highest BCUT2D eigenvalue weighted by atomic mass is 16.4. The summed E-state index contributed by atoms with van der Waals surface area (Å²) >= 11 is 0. The number of nitrogens with one attached hydrogen (secondary N) is 1. The predicted molar refractivity (Wildman–Crippen MR) is 163 cm³/mol. The molecule has 0 radical (unpaired) electrons. The average molecular weight is 569 g/mol. The Morgan fingerprint density at radius 1 is 0.929 bits per heavy atom. The van der Waals surface area contributed by atoms with E-state index in [1.165, 1.54) is 5.56 Å². The average Bonchev–Trinajstić information content (AvgIpc) is 3.74. The number of carboxylic acids is 1. The maximum atomic E-state index is 13.0. The van der Waals surface area contributed by atoms with E-state index in [2.05, 4.69) is 27.5 Å². The number of aromatic nitrogens is 4. The predicted octanol–water partition coefficient (Wildman–Crippen LogP) is 5.84. The first-order valence-corrected chi connectivity index (χ1v) is 14.6. The fraction of sp³-hybridized carbons (Fsp3) is 0.364. The lowest BCUT2D eigenvalue weighted by Crippen LogP contribution is -2.43. The maximum Gasteiger partial charge on any atom is 0.311 e. The minimum Gasteiger partial charge on any atom is -0.481 e. The summed E-state index contributed by atoms with van der Waals surface area (Å²) in [7, 11) is 0. The molecule has 1 aliphatic rings. The number of carbonyl (C=O) groups is 2. The molecule has 0 unspecified atom stereocenters. The molecule has 0 spiro atoms. The fourth-order valence-corrected chi connectivity index (χ4v) is 5.41. The van der Waals surface area contributed by atoms with Gasteiger partial charge >= 0.3 is 5.97 Å². The van der Waals surface area contributed by atoms with Crippen LogP contribution in [0.5, 0.6) is 0 Å². The minimum atomic E-state index is -0.828. The number of tetrazole rings is 1. The number of hydrogen-bond acceptors (Lipinski definition) is 6. The molecule has 4 aromatic rings. The van der Waals surface area contributed by atoms with E-state index in [4.69, 9.17) is 5.73 Å². The summed E-state index contributed by atoms with van der Waals surface area (Å²) in [5.41, 5.74) is 9.60. The van der Waals surface area contributed by atoms with Gasteiger partial charge in [0.2, 0.25) is 5.91 Å². The molecule has 4 N–H and O–H groups in total. The fourth-order valence-electron chi connectivity index (χ4n) is 5.41. The summed E-state index contributed by atoms with van der Waals surface area (Å²) in [6.45, 7) is 3.37. The molecule has 1 amide bonds. The quantitative estimate of drug-likeness (QED) is 0.206. The Bertz CT molecular complexity index is 1400. The first-order valence-electron chi connectivity index (χ1n) is 14.6. The number of carboxylic acid groups (broad SMARTS) is 1. The summed E-state index contributed by atoms with van der Waals surface area (Å²) < 4.78 is 0. The van der Waals surface area contributed by atoms with Crippen molar-refractivity contribution in [2.45, 2.75) is 65.0 Å². The number of benzene rings is 3. The zero-order valence-corrected chi connectivity index (χ0v) is 24.2. The van der Waals surface area contributed by atoms with Crippen molar-refractivity contribution >= 4 is 11.9 Å². The Hall–Kier alpha value is -4.37. The van der Waals surface area contributed by atoms with Crippen molar-refractivity contribution in [3.63, 3.8) is 0 Å². The van der Waals surface area contributed by atoms with Gasteiger partial charge in [-0.1, -0.05) is 105 Å². The summed E-state index contributed by atoms with van der Waals surface area (Å²) in [4.78, 5) is 26.9. The number of amides is 1. The van der Waals surface area contributed by atoms with Crippen LogP contribution in [-0.2, 0) is 22.7 Å². The lowest BCUT2D eigenvalue weighted by Gasteiger charge is -2.32.